The topological polar surface area (TPSA) is 49.3 Å². The van der Waals surface area contributed by atoms with Gasteiger partial charge < -0.3 is 10.4 Å². The minimum Gasteiger partial charge on any atom is -0.478 e. The lowest BCUT2D eigenvalue weighted by Crippen LogP contribution is -2.37. The van der Waals surface area contributed by atoms with E-state index >= 15 is 0 Å². The Labute approximate surface area is 77.7 Å². The Hall–Kier alpha value is -0.0600. The Morgan fingerprint density at radius 3 is 2.82 bits per heavy atom. The minimum atomic E-state index is -1.45. The lowest BCUT2D eigenvalue weighted by atomic mass is 10.6. The van der Waals surface area contributed by atoms with Gasteiger partial charge in [-0.3, -0.25) is 0 Å². The van der Waals surface area contributed by atoms with Crippen LogP contribution < -0.4 is 5.32 Å². The molecule has 0 amide bonds. The van der Waals surface area contributed by atoms with Crippen LogP contribution in [0.25, 0.3) is 0 Å². The molecule has 62 valence electrons. The molecule has 0 fully saturated rings. The SMILES string of the molecule is O=C(O)C1(Cl)NC=C(CCl)S1. The lowest BCUT2D eigenvalue weighted by molar-refractivity contribution is -0.137. The molecule has 0 saturated carbocycles. The predicted octanol–water partition coefficient (Wildman–Crippen LogP) is 1.38. The first-order valence-electron chi connectivity index (χ1n) is 2.72. The molecule has 0 aromatic heterocycles. The van der Waals surface area contributed by atoms with Gasteiger partial charge in [0.1, 0.15) is 0 Å². The van der Waals surface area contributed by atoms with E-state index in [2.05, 4.69) is 5.32 Å². The number of aliphatic carboxylic acids is 1. The van der Waals surface area contributed by atoms with Crippen molar-refractivity contribution >= 4 is 40.9 Å². The maximum absolute atomic E-state index is 10.5. The molecule has 1 unspecified atom stereocenters. The number of halogens is 2. The highest BCUT2D eigenvalue weighted by atomic mass is 35.5. The summed E-state index contributed by atoms with van der Waals surface area (Å²) in [6.07, 6.45) is 1.51. The Kier molecular flexibility index (Phi) is 2.57. The fourth-order valence-corrected chi connectivity index (χ4v) is 1.92. The number of carbonyl (C=O) groups is 1. The first kappa shape index (κ1) is 9.03. The first-order chi connectivity index (χ1) is 5.08. The van der Waals surface area contributed by atoms with E-state index in [1.807, 2.05) is 0 Å². The van der Waals surface area contributed by atoms with E-state index in [0.717, 1.165) is 16.7 Å². The van der Waals surface area contributed by atoms with Gasteiger partial charge in [-0.15, -0.1) is 11.6 Å². The number of thioether (sulfide) groups is 1. The average molecular weight is 214 g/mol. The highest BCUT2D eigenvalue weighted by Crippen LogP contribution is 2.38. The van der Waals surface area contributed by atoms with Gasteiger partial charge in [0, 0.05) is 11.1 Å². The van der Waals surface area contributed by atoms with E-state index in [0.29, 0.717) is 0 Å². The van der Waals surface area contributed by atoms with Gasteiger partial charge in [-0.05, 0) is 0 Å². The second-order valence-corrected chi connectivity index (χ2v) is 4.29. The summed E-state index contributed by atoms with van der Waals surface area (Å²) in [4.78, 5) is 11.2. The summed E-state index contributed by atoms with van der Waals surface area (Å²) in [7, 11) is 0. The smallest absolute Gasteiger partial charge is 0.356 e. The zero-order chi connectivity index (χ0) is 8.48. The van der Waals surface area contributed by atoms with E-state index in [9.17, 15) is 4.79 Å². The fourth-order valence-electron chi connectivity index (χ4n) is 0.584. The van der Waals surface area contributed by atoms with Gasteiger partial charge in [0.2, 0.25) is 0 Å². The summed E-state index contributed by atoms with van der Waals surface area (Å²) in [6.45, 7) is 0. The quantitative estimate of drug-likeness (QED) is 0.538. The molecular weight excluding hydrogens is 209 g/mol. The second kappa shape index (κ2) is 3.13. The molecule has 1 aliphatic heterocycles. The number of rotatable bonds is 2. The Balaban J connectivity index is 2.64. The van der Waals surface area contributed by atoms with Crippen molar-refractivity contribution in [2.45, 2.75) is 4.33 Å². The van der Waals surface area contributed by atoms with Gasteiger partial charge in [-0.25, -0.2) is 4.79 Å². The maximum atomic E-state index is 10.5. The Bertz CT molecular complexity index is 221. The van der Waals surface area contributed by atoms with Crippen molar-refractivity contribution < 1.29 is 9.90 Å². The molecule has 1 heterocycles. The molecule has 2 N–H and O–H groups in total. The molecule has 3 nitrogen and oxygen atoms in total. The monoisotopic (exact) mass is 213 g/mol. The predicted molar refractivity (Wildman–Crippen MR) is 45.7 cm³/mol. The molecule has 0 spiro atoms. The van der Waals surface area contributed by atoms with E-state index in [1.54, 1.807) is 0 Å². The van der Waals surface area contributed by atoms with Crippen molar-refractivity contribution in [2.75, 3.05) is 5.88 Å². The third-order valence-electron chi connectivity index (χ3n) is 1.10. The molecule has 1 atom stereocenters. The summed E-state index contributed by atoms with van der Waals surface area (Å²) in [5.41, 5.74) is 0. The highest BCUT2D eigenvalue weighted by Gasteiger charge is 2.40. The van der Waals surface area contributed by atoms with Crippen LogP contribution in [-0.4, -0.2) is 21.3 Å². The van der Waals surface area contributed by atoms with Crippen LogP contribution in [0, 0.1) is 0 Å². The van der Waals surface area contributed by atoms with Crippen LogP contribution in [-0.2, 0) is 4.79 Å². The average Bonchev–Trinajstić information content (AvgIpc) is 2.33. The number of carboxylic acids is 1. The van der Waals surface area contributed by atoms with Crippen molar-refractivity contribution in [2.24, 2.45) is 0 Å². The summed E-state index contributed by atoms with van der Waals surface area (Å²) in [5, 5.41) is 11.1. The number of allylic oxidation sites excluding steroid dienone is 1. The van der Waals surface area contributed by atoms with Gasteiger partial charge in [0.15, 0.2) is 0 Å². The molecule has 0 radical (unpaired) electrons. The molecule has 0 aromatic carbocycles. The van der Waals surface area contributed by atoms with Crippen LogP contribution in [0.15, 0.2) is 11.1 Å². The summed E-state index contributed by atoms with van der Waals surface area (Å²) >= 11 is 12.1. The normalized spacial score (nSPS) is 29.5. The molecule has 0 aromatic rings. The lowest BCUT2D eigenvalue weighted by Gasteiger charge is -2.14. The van der Waals surface area contributed by atoms with Gasteiger partial charge in [-0.1, -0.05) is 23.4 Å². The molecule has 0 saturated heterocycles. The molecule has 6 heteroatoms. The third kappa shape index (κ3) is 1.75. The van der Waals surface area contributed by atoms with Crippen molar-refractivity contribution in [1.82, 2.24) is 5.32 Å². The van der Waals surface area contributed by atoms with Gasteiger partial charge in [0.05, 0.1) is 5.88 Å². The zero-order valence-electron chi connectivity index (χ0n) is 5.30. The van der Waals surface area contributed by atoms with Crippen LogP contribution in [0.3, 0.4) is 0 Å². The van der Waals surface area contributed by atoms with Gasteiger partial charge in [0.25, 0.3) is 4.33 Å². The molecule has 11 heavy (non-hydrogen) atoms. The Morgan fingerprint density at radius 1 is 1.91 bits per heavy atom. The molecule has 0 bridgehead atoms. The largest absolute Gasteiger partial charge is 0.478 e. The maximum Gasteiger partial charge on any atom is 0.356 e. The number of alkyl halides is 2. The molecule has 0 aliphatic carbocycles. The number of carboxylic acid groups (broad SMARTS) is 1. The highest BCUT2D eigenvalue weighted by molar-refractivity contribution is 8.06. The second-order valence-electron chi connectivity index (χ2n) is 1.89. The summed E-state index contributed by atoms with van der Waals surface area (Å²) in [5.74, 6) is -0.833. The van der Waals surface area contributed by atoms with Crippen LogP contribution in [0.1, 0.15) is 0 Å². The van der Waals surface area contributed by atoms with Gasteiger partial charge in [-0.2, -0.15) is 0 Å². The number of hydrogen-bond acceptors (Lipinski definition) is 3. The number of hydrogen-bond donors (Lipinski definition) is 2. The van der Waals surface area contributed by atoms with Crippen LogP contribution in [0.5, 0.6) is 0 Å². The zero-order valence-corrected chi connectivity index (χ0v) is 7.63. The van der Waals surface area contributed by atoms with Crippen molar-refractivity contribution in [3.8, 4) is 0 Å². The van der Waals surface area contributed by atoms with Crippen LogP contribution in [0.2, 0.25) is 0 Å². The van der Waals surface area contributed by atoms with E-state index in [1.165, 1.54) is 6.20 Å². The van der Waals surface area contributed by atoms with E-state index in [-0.39, 0.29) is 5.88 Å². The number of nitrogens with one attached hydrogen (secondary N) is 1. The van der Waals surface area contributed by atoms with Crippen LogP contribution >= 0.6 is 35.0 Å². The standard InChI is InChI=1S/C5H5Cl2NO2S/c6-1-3-2-8-5(7,11-3)4(9)10/h2,8H,1H2,(H,9,10). The first-order valence-corrected chi connectivity index (χ1v) is 4.45. The van der Waals surface area contributed by atoms with E-state index < -0.39 is 10.3 Å². The van der Waals surface area contributed by atoms with E-state index in [4.69, 9.17) is 28.3 Å². The van der Waals surface area contributed by atoms with Crippen molar-refractivity contribution in [3.05, 3.63) is 11.1 Å². The van der Waals surface area contributed by atoms with Crippen molar-refractivity contribution in [1.29, 1.82) is 0 Å². The minimum absolute atomic E-state index is 0.277. The molecule has 1 rings (SSSR count). The van der Waals surface area contributed by atoms with Gasteiger partial charge >= 0.3 is 5.97 Å². The summed E-state index contributed by atoms with van der Waals surface area (Å²) in [6, 6.07) is 0. The summed E-state index contributed by atoms with van der Waals surface area (Å²) < 4.78 is -1.45. The van der Waals surface area contributed by atoms with Crippen LogP contribution in [0.4, 0.5) is 0 Å². The Morgan fingerprint density at radius 2 is 2.55 bits per heavy atom. The van der Waals surface area contributed by atoms with Crippen molar-refractivity contribution in [3.63, 3.8) is 0 Å². The molecular formula is C5H5Cl2NO2S. The molecule has 1 aliphatic rings. The fraction of sp³-hybridized carbons (Fsp3) is 0.400. The third-order valence-corrected chi connectivity index (χ3v) is 3.14.